The van der Waals surface area contributed by atoms with Crippen molar-refractivity contribution in [1.82, 2.24) is 14.5 Å². The smallest absolute Gasteiger partial charge is 0.194 e. The Hall–Kier alpha value is -1.85. The number of hydrogen-bond acceptors (Lipinski definition) is 4. The standard InChI is InChI=1S/C15H14ClN3O2/c16-12-7-6-11(21-12)15-18-10-4-3-8-17-14(10)19(15)13-5-1-2-9-20-13/h3-4,6-8,13H,1-2,5,9H2. The molecule has 1 aliphatic rings. The Kier molecular flexibility index (Phi) is 3.16. The minimum absolute atomic E-state index is 0.0578. The molecule has 108 valence electrons. The second-order valence-corrected chi connectivity index (χ2v) is 5.45. The summed E-state index contributed by atoms with van der Waals surface area (Å²) in [5, 5.41) is 0.348. The summed E-state index contributed by atoms with van der Waals surface area (Å²) in [6.07, 6.45) is 4.89. The van der Waals surface area contributed by atoms with Gasteiger partial charge in [-0.3, -0.25) is 4.57 Å². The first-order valence-electron chi connectivity index (χ1n) is 7.03. The van der Waals surface area contributed by atoms with Crippen LogP contribution in [0.5, 0.6) is 0 Å². The van der Waals surface area contributed by atoms with Crippen LogP contribution in [0.25, 0.3) is 22.7 Å². The molecule has 0 aliphatic carbocycles. The lowest BCUT2D eigenvalue weighted by atomic mass is 10.2. The van der Waals surface area contributed by atoms with Gasteiger partial charge in [-0.15, -0.1) is 0 Å². The summed E-state index contributed by atoms with van der Waals surface area (Å²) < 4.78 is 13.5. The molecular weight excluding hydrogens is 290 g/mol. The molecule has 1 atom stereocenters. The maximum absolute atomic E-state index is 5.91. The zero-order chi connectivity index (χ0) is 14.2. The first kappa shape index (κ1) is 12.9. The minimum atomic E-state index is -0.0578. The van der Waals surface area contributed by atoms with Crippen LogP contribution in [0.1, 0.15) is 25.5 Å². The van der Waals surface area contributed by atoms with Gasteiger partial charge in [-0.1, -0.05) is 0 Å². The van der Waals surface area contributed by atoms with E-state index in [0.717, 1.165) is 37.0 Å². The van der Waals surface area contributed by atoms with E-state index in [4.69, 9.17) is 20.8 Å². The van der Waals surface area contributed by atoms with Crippen molar-refractivity contribution in [1.29, 1.82) is 0 Å². The van der Waals surface area contributed by atoms with Gasteiger partial charge in [0.25, 0.3) is 0 Å². The van der Waals surface area contributed by atoms with Crippen LogP contribution in [-0.2, 0) is 4.74 Å². The van der Waals surface area contributed by atoms with Gasteiger partial charge in [0, 0.05) is 12.8 Å². The summed E-state index contributed by atoms with van der Waals surface area (Å²) in [6.45, 7) is 0.759. The lowest BCUT2D eigenvalue weighted by molar-refractivity contribution is -0.0289. The van der Waals surface area contributed by atoms with Gasteiger partial charge in [0.2, 0.25) is 0 Å². The fourth-order valence-corrected chi connectivity index (χ4v) is 2.88. The normalized spacial score (nSPS) is 19.2. The fourth-order valence-electron chi connectivity index (χ4n) is 2.74. The van der Waals surface area contributed by atoms with Crippen molar-refractivity contribution >= 4 is 22.8 Å². The molecule has 0 bridgehead atoms. The third-order valence-electron chi connectivity index (χ3n) is 3.69. The third kappa shape index (κ3) is 2.22. The van der Waals surface area contributed by atoms with Crippen LogP contribution in [0.3, 0.4) is 0 Å². The number of nitrogens with zero attached hydrogens (tertiary/aromatic N) is 3. The Labute approximate surface area is 126 Å². The lowest BCUT2D eigenvalue weighted by Gasteiger charge is -2.25. The highest BCUT2D eigenvalue weighted by molar-refractivity contribution is 6.28. The van der Waals surface area contributed by atoms with E-state index in [2.05, 4.69) is 9.97 Å². The topological polar surface area (TPSA) is 53.1 Å². The molecule has 0 amide bonds. The van der Waals surface area contributed by atoms with E-state index in [9.17, 15) is 0 Å². The van der Waals surface area contributed by atoms with Crippen molar-refractivity contribution in [3.05, 3.63) is 35.7 Å². The van der Waals surface area contributed by atoms with Gasteiger partial charge in [-0.2, -0.15) is 0 Å². The molecule has 0 spiro atoms. The molecule has 0 saturated carbocycles. The van der Waals surface area contributed by atoms with Crippen LogP contribution in [0.4, 0.5) is 0 Å². The Balaban J connectivity index is 1.92. The van der Waals surface area contributed by atoms with Crippen LogP contribution >= 0.6 is 11.6 Å². The van der Waals surface area contributed by atoms with Crippen molar-refractivity contribution in [2.45, 2.75) is 25.5 Å². The van der Waals surface area contributed by atoms with Crippen LogP contribution in [0, 0.1) is 0 Å². The monoisotopic (exact) mass is 303 g/mol. The first-order valence-corrected chi connectivity index (χ1v) is 7.41. The molecule has 1 fully saturated rings. The number of aromatic nitrogens is 3. The molecule has 4 rings (SSSR count). The van der Waals surface area contributed by atoms with E-state index >= 15 is 0 Å². The molecule has 1 aliphatic heterocycles. The zero-order valence-electron chi connectivity index (χ0n) is 11.3. The van der Waals surface area contributed by atoms with Gasteiger partial charge in [0.05, 0.1) is 0 Å². The third-order valence-corrected chi connectivity index (χ3v) is 3.89. The van der Waals surface area contributed by atoms with Crippen molar-refractivity contribution in [3.8, 4) is 11.6 Å². The molecule has 4 heterocycles. The van der Waals surface area contributed by atoms with Crippen molar-refractivity contribution in [3.63, 3.8) is 0 Å². The summed E-state index contributed by atoms with van der Waals surface area (Å²) in [7, 11) is 0. The molecular formula is C15H14ClN3O2. The number of hydrogen-bond donors (Lipinski definition) is 0. The van der Waals surface area contributed by atoms with E-state index < -0.39 is 0 Å². The van der Waals surface area contributed by atoms with Gasteiger partial charge in [-0.25, -0.2) is 9.97 Å². The van der Waals surface area contributed by atoms with Gasteiger partial charge in [-0.05, 0) is 55.1 Å². The van der Waals surface area contributed by atoms with Crippen molar-refractivity contribution in [2.24, 2.45) is 0 Å². The minimum Gasteiger partial charge on any atom is -0.441 e. The van der Waals surface area contributed by atoms with Gasteiger partial charge < -0.3 is 9.15 Å². The molecule has 1 saturated heterocycles. The second-order valence-electron chi connectivity index (χ2n) is 5.08. The number of imidazole rings is 1. The Morgan fingerprint density at radius 3 is 2.95 bits per heavy atom. The number of rotatable bonds is 2. The largest absolute Gasteiger partial charge is 0.441 e. The lowest BCUT2D eigenvalue weighted by Crippen LogP contribution is -2.19. The van der Waals surface area contributed by atoms with E-state index in [1.165, 1.54) is 0 Å². The average molecular weight is 304 g/mol. The number of pyridine rings is 1. The Bertz CT molecular complexity index is 774. The first-order chi connectivity index (χ1) is 10.3. The number of halogens is 1. The molecule has 6 heteroatoms. The highest BCUT2D eigenvalue weighted by Gasteiger charge is 2.24. The summed E-state index contributed by atoms with van der Waals surface area (Å²) in [4.78, 5) is 9.09. The molecule has 21 heavy (non-hydrogen) atoms. The maximum Gasteiger partial charge on any atom is 0.194 e. The molecule has 5 nitrogen and oxygen atoms in total. The quantitative estimate of drug-likeness (QED) is 0.717. The Morgan fingerprint density at radius 1 is 1.24 bits per heavy atom. The van der Waals surface area contributed by atoms with Crippen molar-refractivity contribution < 1.29 is 9.15 Å². The van der Waals surface area contributed by atoms with Crippen LogP contribution in [0.2, 0.25) is 5.22 Å². The fraction of sp³-hybridized carbons (Fsp3) is 0.333. The molecule has 0 aromatic carbocycles. The van der Waals surface area contributed by atoms with Crippen LogP contribution in [0.15, 0.2) is 34.9 Å². The van der Waals surface area contributed by atoms with Gasteiger partial charge >= 0.3 is 0 Å². The molecule has 1 unspecified atom stereocenters. The molecule has 3 aromatic rings. The number of furan rings is 1. The molecule has 0 N–H and O–H groups in total. The summed E-state index contributed by atoms with van der Waals surface area (Å²) in [6, 6.07) is 7.36. The molecule has 0 radical (unpaired) electrons. The van der Waals surface area contributed by atoms with Crippen molar-refractivity contribution in [2.75, 3.05) is 6.61 Å². The second kappa shape index (κ2) is 5.16. The van der Waals surface area contributed by atoms with Gasteiger partial charge in [0.15, 0.2) is 22.5 Å². The average Bonchev–Trinajstić information content (AvgIpc) is 3.11. The SMILES string of the molecule is Clc1ccc(-c2nc3cccnc3n2C2CCCCO2)o1. The van der Waals surface area contributed by atoms with Gasteiger partial charge in [0.1, 0.15) is 11.7 Å². The van der Waals surface area contributed by atoms with E-state index in [0.29, 0.717) is 16.8 Å². The Morgan fingerprint density at radius 2 is 2.19 bits per heavy atom. The predicted molar refractivity (Wildman–Crippen MR) is 79.1 cm³/mol. The van der Waals surface area contributed by atoms with Crippen LogP contribution < -0.4 is 0 Å². The highest BCUT2D eigenvalue weighted by atomic mass is 35.5. The zero-order valence-corrected chi connectivity index (χ0v) is 12.1. The number of ether oxygens (including phenoxy) is 1. The van der Waals surface area contributed by atoms with Crippen LogP contribution in [-0.4, -0.2) is 21.1 Å². The predicted octanol–water partition coefficient (Wildman–Crippen LogP) is 4.04. The summed E-state index contributed by atoms with van der Waals surface area (Å²) in [5.74, 6) is 1.34. The van der Waals surface area contributed by atoms with E-state index in [1.807, 2.05) is 22.8 Å². The summed E-state index contributed by atoms with van der Waals surface area (Å²) >= 11 is 5.90. The summed E-state index contributed by atoms with van der Waals surface area (Å²) in [5.41, 5.74) is 1.64. The molecule has 3 aromatic heterocycles. The highest BCUT2D eigenvalue weighted by Crippen LogP contribution is 2.33. The van der Waals surface area contributed by atoms with E-state index in [-0.39, 0.29) is 6.23 Å². The van der Waals surface area contributed by atoms with E-state index in [1.54, 1.807) is 12.3 Å². The number of fused-ring (bicyclic) bond motifs is 1. The maximum atomic E-state index is 5.91.